The van der Waals surface area contributed by atoms with Gasteiger partial charge in [-0.15, -0.1) is 0 Å². The second-order valence-electron chi connectivity index (χ2n) is 5.29. The van der Waals surface area contributed by atoms with Crippen LogP contribution < -0.4 is 10.4 Å². The maximum atomic E-state index is 13.5. The molecule has 0 bridgehead atoms. The molecule has 1 N–H and O–H groups in total. The number of anilines is 1. The smallest absolute Gasteiger partial charge is 0.295 e. The molecule has 1 heterocycles. The third-order valence-electron chi connectivity index (χ3n) is 3.73. The fourth-order valence-corrected chi connectivity index (χ4v) is 3.61. The average Bonchev–Trinajstić information content (AvgIpc) is 2.74. The largest absolute Gasteiger partial charge is 0.328 e. The van der Waals surface area contributed by atoms with Gasteiger partial charge in [-0.25, -0.2) is 17.6 Å². The van der Waals surface area contributed by atoms with Crippen molar-refractivity contribution in [1.29, 1.82) is 0 Å². The van der Waals surface area contributed by atoms with E-state index in [0.717, 1.165) is 6.07 Å². The molecule has 9 heteroatoms. The third kappa shape index (κ3) is 2.67. The fraction of sp³-hybridized carbons (Fsp3) is 0.133. The van der Waals surface area contributed by atoms with E-state index in [1.165, 1.54) is 27.3 Å². The molecular formula is C15H13ClFN3O3S. The summed E-state index contributed by atoms with van der Waals surface area (Å²) in [6.45, 7) is 0. The molecule has 0 aliphatic heterocycles. The number of fused-ring (bicyclic) bond motifs is 1. The van der Waals surface area contributed by atoms with E-state index >= 15 is 0 Å². The minimum Gasteiger partial charge on any atom is -0.295 e. The van der Waals surface area contributed by atoms with Gasteiger partial charge < -0.3 is 0 Å². The SMILES string of the molecule is Cn1c(=O)n(C)c2cc(NS(=O)(=O)c3ccc(Cl)c(F)c3)ccc21. The Labute approximate surface area is 142 Å². The number of sulfonamides is 1. The summed E-state index contributed by atoms with van der Waals surface area (Å²) in [7, 11) is -0.756. The molecule has 0 unspecified atom stereocenters. The maximum absolute atomic E-state index is 13.5. The summed E-state index contributed by atoms with van der Waals surface area (Å²) in [6.07, 6.45) is 0. The van der Waals surface area contributed by atoms with Crippen molar-refractivity contribution in [2.75, 3.05) is 4.72 Å². The van der Waals surface area contributed by atoms with Crippen molar-refractivity contribution in [3.05, 3.63) is 57.7 Å². The van der Waals surface area contributed by atoms with E-state index < -0.39 is 15.8 Å². The molecular weight excluding hydrogens is 357 g/mol. The van der Waals surface area contributed by atoms with Crippen molar-refractivity contribution in [3.63, 3.8) is 0 Å². The quantitative estimate of drug-likeness (QED) is 0.770. The van der Waals surface area contributed by atoms with Crippen LogP contribution in [-0.2, 0) is 24.1 Å². The van der Waals surface area contributed by atoms with E-state index in [1.807, 2.05) is 0 Å². The molecule has 24 heavy (non-hydrogen) atoms. The number of halogens is 2. The summed E-state index contributed by atoms with van der Waals surface area (Å²) in [5, 5.41) is -0.158. The second-order valence-corrected chi connectivity index (χ2v) is 7.38. The predicted molar refractivity (Wildman–Crippen MR) is 90.4 cm³/mol. The number of nitrogens with zero attached hydrogens (tertiary/aromatic N) is 2. The summed E-state index contributed by atoms with van der Waals surface area (Å²) < 4.78 is 43.5. The highest BCUT2D eigenvalue weighted by Crippen LogP contribution is 2.23. The average molecular weight is 370 g/mol. The van der Waals surface area contributed by atoms with Gasteiger partial charge in [-0.2, -0.15) is 0 Å². The topological polar surface area (TPSA) is 73.1 Å². The van der Waals surface area contributed by atoms with Gasteiger partial charge >= 0.3 is 5.69 Å². The standard InChI is InChI=1S/C15H13ClFN3O3S/c1-19-13-6-3-9(7-14(13)20(2)15(19)21)18-24(22,23)10-4-5-11(16)12(17)8-10/h3-8,18H,1-2H3. The summed E-state index contributed by atoms with van der Waals surface area (Å²) in [4.78, 5) is 11.7. The Bertz CT molecular complexity index is 1120. The monoisotopic (exact) mass is 369 g/mol. The van der Waals surface area contributed by atoms with Crippen LogP contribution in [0.5, 0.6) is 0 Å². The Morgan fingerprint density at radius 3 is 2.38 bits per heavy atom. The molecule has 0 fully saturated rings. The highest BCUT2D eigenvalue weighted by atomic mass is 35.5. The Morgan fingerprint density at radius 1 is 1.04 bits per heavy atom. The summed E-state index contributed by atoms with van der Waals surface area (Å²) in [5.41, 5.74) is 1.29. The molecule has 0 aliphatic carbocycles. The molecule has 3 aromatic rings. The molecule has 0 spiro atoms. The van der Waals surface area contributed by atoms with E-state index in [0.29, 0.717) is 11.0 Å². The maximum Gasteiger partial charge on any atom is 0.328 e. The van der Waals surface area contributed by atoms with Crippen LogP contribution in [0.2, 0.25) is 5.02 Å². The third-order valence-corrected chi connectivity index (χ3v) is 5.41. The normalized spacial score (nSPS) is 11.8. The Balaban J connectivity index is 2.04. The molecule has 0 radical (unpaired) electrons. The van der Waals surface area contributed by atoms with Gasteiger partial charge in [0.05, 0.1) is 26.6 Å². The van der Waals surface area contributed by atoms with Gasteiger partial charge in [0.25, 0.3) is 10.0 Å². The van der Waals surface area contributed by atoms with Gasteiger partial charge in [-0.05, 0) is 36.4 Å². The van der Waals surface area contributed by atoms with Crippen molar-refractivity contribution < 1.29 is 12.8 Å². The first kappa shape index (κ1) is 16.5. The number of aryl methyl sites for hydroxylation is 2. The van der Waals surface area contributed by atoms with Crippen molar-refractivity contribution in [2.45, 2.75) is 4.90 Å². The van der Waals surface area contributed by atoms with Crippen molar-refractivity contribution in [3.8, 4) is 0 Å². The van der Waals surface area contributed by atoms with E-state index in [1.54, 1.807) is 26.2 Å². The van der Waals surface area contributed by atoms with Crippen molar-refractivity contribution >= 4 is 38.3 Å². The van der Waals surface area contributed by atoms with Crippen LogP contribution in [0, 0.1) is 5.82 Å². The lowest BCUT2D eigenvalue weighted by molar-refractivity contribution is 0.595. The minimum absolute atomic E-state index is 0.158. The lowest BCUT2D eigenvalue weighted by Crippen LogP contribution is -2.19. The number of hydrogen-bond donors (Lipinski definition) is 1. The molecule has 0 amide bonds. The van der Waals surface area contributed by atoms with Crippen LogP contribution in [0.15, 0.2) is 46.1 Å². The predicted octanol–water partition coefficient (Wildman–Crippen LogP) is 2.47. The van der Waals surface area contributed by atoms with Gasteiger partial charge in [0.1, 0.15) is 5.82 Å². The van der Waals surface area contributed by atoms with E-state index in [2.05, 4.69) is 4.72 Å². The highest BCUT2D eigenvalue weighted by molar-refractivity contribution is 7.92. The van der Waals surface area contributed by atoms with Crippen LogP contribution in [0.3, 0.4) is 0 Å². The first-order chi connectivity index (χ1) is 11.2. The second kappa shape index (κ2) is 5.64. The molecule has 0 atom stereocenters. The molecule has 0 saturated carbocycles. The Hall–Kier alpha value is -2.32. The van der Waals surface area contributed by atoms with Crippen LogP contribution >= 0.6 is 11.6 Å². The molecule has 126 valence electrons. The van der Waals surface area contributed by atoms with Gasteiger partial charge in [-0.3, -0.25) is 13.9 Å². The Kier molecular flexibility index (Phi) is 3.89. The van der Waals surface area contributed by atoms with E-state index in [4.69, 9.17) is 11.6 Å². The molecule has 0 aliphatic rings. The zero-order valence-electron chi connectivity index (χ0n) is 12.7. The van der Waals surface area contributed by atoms with Crippen molar-refractivity contribution in [2.24, 2.45) is 14.1 Å². The summed E-state index contributed by atoms with van der Waals surface area (Å²) in [6, 6.07) is 7.95. The van der Waals surface area contributed by atoms with Crippen molar-refractivity contribution in [1.82, 2.24) is 9.13 Å². The highest BCUT2D eigenvalue weighted by Gasteiger charge is 2.17. The summed E-state index contributed by atoms with van der Waals surface area (Å²) >= 11 is 5.57. The molecule has 2 aromatic carbocycles. The van der Waals surface area contributed by atoms with Crippen LogP contribution in [0.4, 0.5) is 10.1 Å². The van der Waals surface area contributed by atoms with E-state index in [-0.39, 0.29) is 21.3 Å². The number of benzene rings is 2. The molecule has 0 saturated heterocycles. The number of nitrogens with one attached hydrogen (secondary N) is 1. The first-order valence-electron chi connectivity index (χ1n) is 6.84. The van der Waals surface area contributed by atoms with Crippen LogP contribution in [0.25, 0.3) is 11.0 Å². The number of hydrogen-bond acceptors (Lipinski definition) is 3. The zero-order chi connectivity index (χ0) is 17.6. The molecule has 1 aromatic heterocycles. The van der Waals surface area contributed by atoms with E-state index in [9.17, 15) is 17.6 Å². The Morgan fingerprint density at radius 2 is 1.71 bits per heavy atom. The number of aromatic nitrogens is 2. The van der Waals surface area contributed by atoms with Gasteiger partial charge in [0.15, 0.2) is 0 Å². The first-order valence-corrected chi connectivity index (χ1v) is 8.70. The fourth-order valence-electron chi connectivity index (χ4n) is 2.43. The zero-order valence-corrected chi connectivity index (χ0v) is 14.3. The molecule has 6 nitrogen and oxygen atoms in total. The summed E-state index contributed by atoms with van der Waals surface area (Å²) in [5.74, 6) is -0.819. The minimum atomic E-state index is -3.98. The molecule has 3 rings (SSSR count). The lowest BCUT2D eigenvalue weighted by Gasteiger charge is -2.09. The number of imidazole rings is 1. The van der Waals surface area contributed by atoms with Gasteiger partial charge in [-0.1, -0.05) is 11.6 Å². The van der Waals surface area contributed by atoms with Crippen LogP contribution in [0.1, 0.15) is 0 Å². The number of rotatable bonds is 3. The van der Waals surface area contributed by atoms with Gasteiger partial charge in [0.2, 0.25) is 0 Å². The van der Waals surface area contributed by atoms with Gasteiger partial charge in [0, 0.05) is 14.1 Å². The lowest BCUT2D eigenvalue weighted by atomic mass is 10.3. The van der Waals surface area contributed by atoms with Crippen LogP contribution in [-0.4, -0.2) is 17.6 Å².